The van der Waals surface area contributed by atoms with E-state index in [1.165, 1.54) is 18.2 Å². The molecule has 0 aliphatic heterocycles. The van der Waals surface area contributed by atoms with Crippen molar-refractivity contribution in [1.82, 2.24) is 4.98 Å². The molecule has 0 saturated carbocycles. The molecule has 7 nitrogen and oxygen atoms in total. The molecule has 0 aliphatic carbocycles. The maximum atomic E-state index is 11.0. The molecule has 2 rings (SSSR count). The first-order valence-corrected chi connectivity index (χ1v) is 6.23. The highest BCUT2D eigenvalue weighted by Crippen LogP contribution is 2.29. The van der Waals surface area contributed by atoms with E-state index >= 15 is 0 Å². The molecule has 0 atom stereocenters. The SMILES string of the molecule is O=C(O)c1cnc(Nc2cc(Cl)cc(Cl)c2)c([N+](=O)[O-])c1. The summed E-state index contributed by atoms with van der Waals surface area (Å²) in [6, 6.07) is 5.43. The van der Waals surface area contributed by atoms with Crippen LogP contribution < -0.4 is 5.32 Å². The fourth-order valence-corrected chi connectivity index (χ4v) is 2.09. The van der Waals surface area contributed by atoms with E-state index in [1.54, 1.807) is 0 Å². The number of nitro groups is 1. The van der Waals surface area contributed by atoms with E-state index < -0.39 is 16.6 Å². The van der Waals surface area contributed by atoms with Gasteiger partial charge in [-0.05, 0) is 18.2 Å². The minimum atomic E-state index is -1.30. The number of carbonyl (C=O) groups is 1. The van der Waals surface area contributed by atoms with Crippen LogP contribution in [0.3, 0.4) is 0 Å². The summed E-state index contributed by atoms with van der Waals surface area (Å²) in [5.41, 5.74) is -0.353. The van der Waals surface area contributed by atoms with E-state index in [1.807, 2.05) is 0 Å². The number of anilines is 2. The molecule has 0 fully saturated rings. The van der Waals surface area contributed by atoms with Crippen LogP contribution in [-0.4, -0.2) is 21.0 Å². The first kappa shape index (κ1) is 15.0. The minimum absolute atomic E-state index is 0.108. The second-order valence-corrected chi connectivity index (χ2v) is 4.81. The largest absolute Gasteiger partial charge is 0.478 e. The predicted octanol–water partition coefficient (Wildman–Crippen LogP) is 3.74. The third-order valence-electron chi connectivity index (χ3n) is 2.44. The van der Waals surface area contributed by atoms with Crippen molar-refractivity contribution in [2.75, 3.05) is 5.32 Å². The number of hydrogen-bond donors (Lipinski definition) is 2. The van der Waals surface area contributed by atoms with Crippen LogP contribution in [0.2, 0.25) is 10.0 Å². The summed E-state index contributed by atoms with van der Waals surface area (Å²) in [6.45, 7) is 0. The molecular formula is C12H7Cl2N3O4. The second-order valence-electron chi connectivity index (χ2n) is 3.94. The Hall–Kier alpha value is -2.38. The third-order valence-corrected chi connectivity index (χ3v) is 2.87. The molecule has 0 amide bonds. The average Bonchev–Trinajstić information content (AvgIpc) is 2.37. The van der Waals surface area contributed by atoms with Gasteiger partial charge in [-0.15, -0.1) is 0 Å². The molecule has 1 aromatic heterocycles. The summed E-state index contributed by atoms with van der Waals surface area (Å²) >= 11 is 11.7. The van der Waals surface area contributed by atoms with Gasteiger partial charge in [0.25, 0.3) is 0 Å². The van der Waals surface area contributed by atoms with Crippen LogP contribution in [0.5, 0.6) is 0 Å². The van der Waals surface area contributed by atoms with E-state index in [0.717, 1.165) is 12.3 Å². The molecule has 0 radical (unpaired) electrons. The number of nitrogens with zero attached hydrogens (tertiary/aromatic N) is 2. The third kappa shape index (κ3) is 3.59. The smallest absolute Gasteiger partial charge is 0.337 e. The summed E-state index contributed by atoms with van der Waals surface area (Å²) in [5.74, 6) is -1.41. The number of nitrogens with one attached hydrogen (secondary N) is 1. The maximum Gasteiger partial charge on any atom is 0.337 e. The van der Waals surface area contributed by atoms with E-state index in [4.69, 9.17) is 28.3 Å². The number of aromatic nitrogens is 1. The number of pyridine rings is 1. The topological polar surface area (TPSA) is 105 Å². The Balaban J connectivity index is 2.43. The van der Waals surface area contributed by atoms with E-state index in [0.29, 0.717) is 15.7 Å². The molecular weight excluding hydrogens is 321 g/mol. The summed E-state index contributed by atoms with van der Waals surface area (Å²) in [4.78, 5) is 24.8. The highest BCUT2D eigenvalue weighted by atomic mass is 35.5. The molecule has 1 heterocycles. The molecule has 2 N–H and O–H groups in total. The standard InChI is InChI=1S/C12H7Cl2N3O4/c13-7-2-8(14)4-9(3-7)16-11-10(17(20)21)1-6(5-15-11)12(18)19/h1-5H,(H,15,16)(H,18,19). The highest BCUT2D eigenvalue weighted by molar-refractivity contribution is 6.35. The Bertz CT molecular complexity index is 716. The van der Waals surface area contributed by atoms with Crippen LogP contribution in [0.1, 0.15) is 10.4 Å². The molecule has 21 heavy (non-hydrogen) atoms. The van der Waals surface area contributed by atoms with Crippen molar-refractivity contribution in [3.8, 4) is 0 Å². The number of carboxylic acid groups (broad SMARTS) is 1. The monoisotopic (exact) mass is 327 g/mol. The number of benzene rings is 1. The van der Waals surface area contributed by atoms with Crippen LogP contribution in [0.4, 0.5) is 17.2 Å². The van der Waals surface area contributed by atoms with Crippen LogP contribution >= 0.6 is 23.2 Å². The van der Waals surface area contributed by atoms with Gasteiger partial charge < -0.3 is 10.4 Å². The predicted molar refractivity (Wildman–Crippen MR) is 77.6 cm³/mol. The van der Waals surface area contributed by atoms with Crippen molar-refractivity contribution >= 4 is 46.4 Å². The van der Waals surface area contributed by atoms with Gasteiger partial charge in [-0.3, -0.25) is 10.1 Å². The number of hydrogen-bond acceptors (Lipinski definition) is 5. The first-order chi connectivity index (χ1) is 9.86. The number of carboxylic acids is 1. The lowest BCUT2D eigenvalue weighted by molar-refractivity contribution is -0.384. The van der Waals surface area contributed by atoms with E-state index in [9.17, 15) is 14.9 Å². The lowest BCUT2D eigenvalue weighted by atomic mass is 10.2. The van der Waals surface area contributed by atoms with Gasteiger partial charge in [0.05, 0.1) is 10.5 Å². The Kier molecular flexibility index (Phi) is 4.25. The summed E-state index contributed by atoms with van der Waals surface area (Å²) in [6.07, 6.45) is 1.02. The van der Waals surface area contributed by atoms with Crippen molar-refractivity contribution in [2.24, 2.45) is 0 Å². The van der Waals surface area contributed by atoms with Crippen molar-refractivity contribution in [3.05, 3.63) is 56.2 Å². The Labute approximate surface area is 128 Å². The highest BCUT2D eigenvalue weighted by Gasteiger charge is 2.19. The fourth-order valence-electron chi connectivity index (χ4n) is 1.57. The molecule has 2 aromatic rings. The fraction of sp³-hybridized carbons (Fsp3) is 0. The molecule has 0 aliphatic rings. The zero-order valence-corrected chi connectivity index (χ0v) is 11.7. The maximum absolute atomic E-state index is 11.0. The van der Waals surface area contributed by atoms with Gasteiger partial charge in [0.1, 0.15) is 0 Å². The number of halogens is 2. The zero-order chi connectivity index (χ0) is 15.6. The minimum Gasteiger partial charge on any atom is -0.478 e. The van der Waals surface area contributed by atoms with Gasteiger partial charge >= 0.3 is 11.7 Å². The Morgan fingerprint density at radius 2 is 1.86 bits per heavy atom. The Morgan fingerprint density at radius 1 is 1.24 bits per heavy atom. The molecule has 108 valence electrons. The van der Waals surface area contributed by atoms with E-state index in [-0.39, 0.29) is 11.4 Å². The quantitative estimate of drug-likeness (QED) is 0.654. The molecule has 0 spiro atoms. The second kappa shape index (κ2) is 5.94. The Morgan fingerprint density at radius 3 is 2.38 bits per heavy atom. The average molecular weight is 328 g/mol. The lowest BCUT2D eigenvalue weighted by Gasteiger charge is -2.07. The van der Waals surface area contributed by atoms with Crippen LogP contribution in [0.15, 0.2) is 30.5 Å². The van der Waals surface area contributed by atoms with Gasteiger partial charge in [-0.2, -0.15) is 0 Å². The van der Waals surface area contributed by atoms with Crippen molar-refractivity contribution in [1.29, 1.82) is 0 Å². The first-order valence-electron chi connectivity index (χ1n) is 5.47. The van der Waals surface area contributed by atoms with Crippen molar-refractivity contribution in [3.63, 3.8) is 0 Å². The summed E-state index contributed by atoms with van der Waals surface area (Å²) in [7, 11) is 0. The van der Waals surface area contributed by atoms with E-state index in [2.05, 4.69) is 10.3 Å². The molecule has 1 aromatic carbocycles. The molecule has 9 heteroatoms. The van der Waals surface area contributed by atoms with Crippen molar-refractivity contribution < 1.29 is 14.8 Å². The van der Waals surface area contributed by atoms with Gasteiger partial charge in [0.15, 0.2) is 0 Å². The summed E-state index contributed by atoms with van der Waals surface area (Å²) in [5, 5.41) is 23.2. The normalized spacial score (nSPS) is 10.2. The molecule has 0 bridgehead atoms. The van der Waals surface area contributed by atoms with Gasteiger partial charge in [-0.25, -0.2) is 9.78 Å². The lowest BCUT2D eigenvalue weighted by Crippen LogP contribution is -2.04. The van der Waals surface area contributed by atoms with Crippen molar-refractivity contribution in [2.45, 2.75) is 0 Å². The van der Waals surface area contributed by atoms with Gasteiger partial charge in [0.2, 0.25) is 5.82 Å². The van der Waals surface area contributed by atoms with Crippen LogP contribution in [0.25, 0.3) is 0 Å². The van der Waals surface area contributed by atoms with Crippen LogP contribution in [-0.2, 0) is 0 Å². The summed E-state index contributed by atoms with van der Waals surface area (Å²) < 4.78 is 0. The van der Waals surface area contributed by atoms with Gasteiger partial charge in [0, 0.05) is 28.0 Å². The number of rotatable bonds is 4. The zero-order valence-electron chi connectivity index (χ0n) is 10.2. The molecule has 0 saturated heterocycles. The van der Waals surface area contributed by atoms with Gasteiger partial charge in [-0.1, -0.05) is 23.2 Å². The number of aromatic carboxylic acids is 1. The van der Waals surface area contributed by atoms with Crippen LogP contribution in [0, 0.1) is 10.1 Å². The molecule has 0 unspecified atom stereocenters.